The Balaban J connectivity index is 3.75. The topological polar surface area (TPSA) is 71.0 Å². The van der Waals surface area contributed by atoms with Crippen LogP contribution in [0.3, 0.4) is 0 Å². The van der Waals surface area contributed by atoms with Gasteiger partial charge in [-0.3, -0.25) is 0 Å². The molecule has 0 bridgehead atoms. The van der Waals surface area contributed by atoms with E-state index in [1.54, 1.807) is 14.2 Å². The summed E-state index contributed by atoms with van der Waals surface area (Å²) in [5.74, 6) is 0. The molecule has 1 atom stereocenters. The molecule has 0 fully saturated rings. The number of aliphatic hydroxyl groups is 2. The highest BCUT2D eigenvalue weighted by Crippen LogP contribution is 2.11. The molecule has 0 heterocycles. The van der Waals surface area contributed by atoms with E-state index in [-0.39, 0.29) is 19.3 Å². The minimum atomic E-state index is -0.481. The van der Waals surface area contributed by atoms with Gasteiger partial charge >= 0.3 is 0 Å². The van der Waals surface area contributed by atoms with Gasteiger partial charge in [0.05, 0.1) is 25.9 Å². The molecule has 0 aliphatic carbocycles. The Bertz CT molecular complexity index is 150. The van der Waals surface area contributed by atoms with Crippen LogP contribution in [0, 0.1) is 5.41 Å². The second-order valence-corrected chi connectivity index (χ2v) is 4.07. The molecule has 0 aromatic heterocycles. The Labute approximate surface area is 91.4 Å². The standard InChI is InChI=1S/C10H23NO4/c1-10(7-12,8-13)6-11-4-9(15-3)5-14-2/h9,11-13H,4-8H2,1-3H3. The van der Waals surface area contributed by atoms with Crippen LogP contribution in [-0.4, -0.2) is 63.4 Å². The van der Waals surface area contributed by atoms with Crippen molar-refractivity contribution in [3.8, 4) is 0 Å². The predicted octanol–water partition coefficient (Wildman–Crippen LogP) is -0.772. The first-order valence-corrected chi connectivity index (χ1v) is 5.06. The minimum Gasteiger partial charge on any atom is -0.396 e. The molecule has 0 aromatic rings. The van der Waals surface area contributed by atoms with E-state index in [0.29, 0.717) is 19.7 Å². The highest BCUT2D eigenvalue weighted by Gasteiger charge is 2.22. The number of hydrogen-bond donors (Lipinski definition) is 3. The third-order valence-electron chi connectivity index (χ3n) is 2.37. The van der Waals surface area contributed by atoms with Gasteiger partial charge in [-0.2, -0.15) is 0 Å². The molecule has 92 valence electrons. The molecule has 0 saturated carbocycles. The molecule has 5 heteroatoms. The lowest BCUT2D eigenvalue weighted by molar-refractivity contribution is 0.0223. The molecule has 0 amide bonds. The zero-order valence-electron chi connectivity index (χ0n) is 9.82. The molecule has 0 aromatic carbocycles. The van der Waals surface area contributed by atoms with Crippen molar-refractivity contribution in [3.63, 3.8) is 0 Å². The lowest BCUT2D eigenvalue weighted by atomic mass is 9.93. The Morgan fingerprint density at radius 1 is 1.27 bits per heavy atom. The fraction of sp³-hybridized carbons (Fsp3) is 1.00. The molecular weight excluding hydrogens is 198 g/mol. The van der Waals surface area contributed by atoms with Gasteiger partial charge in [-0.15, -0.1) is 0 Å². The molecular formula is C10H23NO4. The lowest BCUT2D eigenvalue weighted by Crippen LogP contribution is -2.41. The number of ether oxygens (including phenoxy) is 2. The molecule has 0 rings (SSSR count). The van der Waals surface area contributed by atoms with Gasteiger partial charge in [-0.25, -0.2) is 0 Å². The van der Waals surface area contributed by atoms with E-state index in [1.807, 2.05) is 6.92 Å². The molecule has 0 aliphatic heterocycles. The van der Waals surface area contributed by atoms with Crippen LogP contribution in [0.2, 0.25) is 0 Å². The van der Waals surface area contributed by atoms with Crippen LogP contribution in [0.1, 0.15) is 6.92 Å². The number of aliphatic hydroxyl groups excluding tert-OH is 2. The smallest absolute Gasteiger partial charge is 0.0928 e. The van der Waals surface area contributed by atoms with E-state index in [0.717, 1.165) is 0 Å². The van der Waals surface area contributed by atoms with Crippen molar-refractivity contribution in [2.75, 3.05) is 47.1 Å². The van der Waals surface area contributed by atoms with Crippen molar-refractivity contribution in [3.05, 3.63) is 0 Å². The van der Waals surface area contributed by atoms with Gasteiger partial charge in [0.1, 0.15) is 0 Å². The second-order valence-electron chi connectivity index (χ2n) is 4.07. The average Bonchev–Trinajstić information content (AvgIpc) is 2.27. The summed E-state index contributed by atoms with van der Waals surface area (Å²) in [4.78, 5) is 0. The van der Waals surface area contributed by atoms with Crippen molar-refractivity contribution in [2.24, 2.45) is 5.41 Å². The third kappa shape index (κ3) is 6.06. The van der Waals surface area contributed by atoms with Gasteiger partial charge in [0.25, 0.3) is 0 Å². The van der Waals surface area contributed by atoms with Crippen LogP contribution < -0.4 is 5.32 Å². The van der Waals surface area contributed by atoms with Crippen molar-refractivity contribution in [1.82, 2.24) is 5.32 Å². The molecule has 15 heavy (non-hydrogen) atoms. The summed E-state index contributed by atoms with van der Waals surface area (Å²) in [5.41, 5.74) is -0.481. The van der Waals surface area contributed by atoms with Gasteiger partial charge in [0.2, 0.25) is 0 Å². The van der Waals surface area contributed by atoms with E-state index < -0.39 is 5.41 Å². The van der Waals surface area contributed by atoms with E-state index >= 15 is 0 Å². The van der Waals surface area contributed by atoms with Crippen LogP contribution in [-0.2, 0) is 9.47 Å². The molecule has 3 N–H and O–H groups in total. The Morgan fingerprint density at radius 2 is 1.87 bits per heavy atom. The number of hydrogen-bond acceptors (Lipinski definition) is 5. The van der Waals surface area contributed by atoms with E-state index in [4.69, 9.17) is 19.7 Å². The second kappa shape index (κ2) is 8.01. The summed E-state index contributed by atoms with van der Waals surface area (Å²) in [6, 6.07) is 0. The Kier molecular flexibility index (Phi) is 7.90. The molecule has 0 spiro atoms. The van der Waals surface area contributed by atoms with E-state index in [1.165, 1.54) is 0 Å². The summed E-state index contributed by atoms with van der Waals surface area (Å²) in [5, 5.41) is 21.2. The Hall–Kier alpha value is -0.200. The maximum Gasteiger partial charge on any atom is 0.0928 e. The zero-order valence-corrected chi connectivity index (χ0v) is 9.82. The maximum absolute atomic E-state index is 9.06. The maximum atomic E-state index is 9.06. The first-order valence-electron chi connectivity index (χ1n) is 5.06. The fourth-order valence-corrected chi connectivity index (χ4v) is 1.09. The zero-order chi connectivity index (χ0) is 11.7. The van der Waals surface area contributed by atoms with Crippen molar-refractivity contribution in [2.45, 2.75) is 13.0 Å². The predicted molar refractivity (Wildman–Crippen MR) is 57.8 cm³/mol. The summed E-state index contributed by atoms with van der Waals surface area (Å²) < 4.78 is 10.1. The van der Waals surface area contributed by atoms with Gasteiger partial charge in [-0.05, 0) is 0 Å². The lowest BCUT2D eigenvalue weighted by Gasteiger charge is -2.26. The van der Waals surface area contributed by atoms with Crippen LogP contribution in [0.25, 0.3) is 0 Å². The summed E-state index contributed by atoms with van der Waals surface area (Å²) >= 11 is 0. The van der Waals surface area contributed by atoms with Crippen LogP contribution in [0.4, 0.5) is 0 Å². The third-order valence-corrected chi connectivity index (χ3v) is 2.37. The minimum absolute atomic E-state index is 0.00312. The number of nitrogens with one attached hydrogen (secondary N) is 1. The normalized spacial score (nSPS) is 14.2. The molecule has 0 aliphatic rings. The first-order chi connectivity index (χ1) is 7.11. The van der Waals surface area contributed by atoms with Crippen molar-refractivity contribution >= 4 is 0 Å². The van der Waals surface area contributed by atoms with E-state index in [2.05, 4.69) is 5.32 Å². The molecule has 5 nitrogen and oxygen atoms in total. The number of rotatable bonds is 9. The average molecular weight is 221 g/mol. The largest absolute Gasteiger partial charge is 0.396 e. The van der Waals surface area contributed by atoms with Crippen molar-refractivity contribution in [1.29, 1.82) is 0 Å². The van der Waals surface area contributed by atoms with E-state index in [9.17, 15) is 0 Å². The monoisotopic (exact) mass is 221 g/mol. The Morgan fingerprint density at radius 3 is 2.27 bits per heavy atom. The summed E-state index contributed by atoms with van der Waals surface area (Å²) in [6.07, 6.45) is -0.00312. The van der Waals surface area contributed by atoms with Gasteiger partial charge in [0, 0.05) is 32.7 Å². The quantitative estimate of drug-likeness (QED) is 0.477. The molecule has 1 unspecified atom stereocenters. The molecule has 0 saturated heterocycles. The van der Waals surface area contributed by atoms with Gasteiger partial charge < -0.3 is 25.0 Å². The van der Waals surface area contributed by atoms with Crippen molar-refractivity contribution < 1.29 is 19.7 Å². The van der Waals surface area contributed by atoms with Gasteiger partial charge in [0.15, 0.2) is 0 Å². The summed E-state index contributed by atoms with van der Waals surface area (Å²) in [7, 11) is 3.25. The fourth-order valence-electron chi connectivity index (χ4n) is 1.09. The number of methoxy groups -OCH3 is 2. The van der Waals surface area contributed by atoms with Crippen LogP contribution in [0.5, 0.6) is 0 Å². The van der Waals surface area contributed by atoms with Gasteiger partial charge in [-0.1, -0.05) is 6.92 Å². The SMILES string of the molecule is COCC(CNCC(C)(CO)CO)OC. The highest BCUT2D eigenvalue weighted by atomic mass is 16.5. The molecule has 0 radical (unpaired) electrons. The van der Waals surface area contributed by atoms with Crippen LogP contribution >= 0.6 is 0 Å². The van der Waals surface area contributed by atoms with Crippen LogP contribution in [0.15, 0.2) is 0 Å². The first kappa shape index (κ1) is 14.8. The highest BCUT2D eigenvalue weighted by molar-refractivity contribution is 4.75. The summed E-state index contributed by atoms with van der Waals surface area (Å²) in [6.45, 7) is 3.44.